The molecule has 2 heterocycles. The quantitative estimate of drug-likeness (QED) is 0.664. The molecule has 0 fully saturated rings. The molecule has 0 bridgehead atoms. The van der Waals surface area contributed by atoms with Crippen LogP contribution in [0.4, 0.5) is 0 Å². The number of hydrogen-bond acceptors (Lipinski definition) is 3. The van der Waals surface area contributed by atoms with Crippen molar-refractivity contribution in [1.82, 2.24) is 19.7 Å². The second-order valence-electron chi connectivity index (χ2n) is 4.09. The van der Waals surface area contributed by atoms with Gasteiger partial charge in [-0.3, -0.25) is 0 Å². The molecule has 18 heavy (non-hydrogen) atoms. The third-order valence-corrected chi connectivity index (χ3v) is 3.12. The van der Waals surface area contributed by atoms with Crippen molar-refractivity contribution in [2.45, 2.75) is 13.5 Å². The van der Waals surface area contributed by atoms with Gasteiger partial charge in [-0.25, -0.2) is 14.6 Å². The lowest BCUT2D eigenvalue weighted by molar-refractivity contribution is 0.695. The summed E-state index contributed by atoms with van der Waals surface area (Å²) < 4.78 is 1.85. The van der Waals surface area contributed by atoms with E-state index < -0.39 is 0 Å². The van der Waals surface area contributed by atoms with Crippen LogP contribution in [-0.4, -0.2) is 19.7 Å². The molecule has 0 unspecified atom stereocenters. The van der Waals surface area contributed by atoms with E-state index in [1.807, 2.05) is 29.8 Å². The van der Waals surface area contributed by atoms with Gasteiger partial charge in [0.25, 0.3) is 0 Å². The van der Waals surface area contributed by atoms with Crippen molar-refractivity contribution in [2.24, 2.45) is 0 Å². The van der Waals surface area contributed by atoms with Gasteiger partial charge in [-0.05, 0) is 12.5 Å². The van der Waals surface area contributed by atoms with Crippen LogP contribution in [0.2, 0.25) is 5.15 Å². The molecule has 0 amide bonds. The minimum atomic E-state index is 0.455. The summed E-state index contributed by atoms with van der Waals surface area (Å²) in [5.41, 5.74) is 2.81. The van der Waals surface area contributed by atoms with Crippen LogP contribution in [0.25, 0.3) is 11.0 Å². The Bertz CT molecular complexity index is 691. The molecule has 0 aliphatic heterocycles. The molecule has 3 aromatic rings. The van der Waals surface area contributed by atoms with Gasteiger partial charge in [0.2, 0.25) is 0 Å². The van der Waals surface area contributed by atoms with Crippen molar-refractivity contribution >= 4 is 22.6 Å². The van der Waals surface area contributed by atoms with Crippen LogP contribution < -0.4 is 0 Å². The molecule has 0 spiro atoms. The summed E-state index contributed by atoms with van der Waals surface area (Å²) in [7, 11) is 0. The maximum atomic E-state index is 6.07. The van der Waals surface area contributed by atoms with Gasteiger partial charge in [-0.1, -0.05) is 41.9 Å². The molecular weight excluding hydrogens is 248 g/mol. The van der Waals surface area contributed by atoms with Gasteiger partial charge < -0.3 is 0 Å². The van der Waals surface area contributed by atoms with E-state index in [1.54, 1.807) is 0 Å². The fourth-order valence-electron chi connectivity index (χ4n) is 2.01. The summed E-state index contributed by atoms with van der Waals surface area (Å²) in [4.78, 5) is 8.25. The SMILES string of the molecule is Cc1nn(Cc2ccccc2)c2ncnc(Cl)c12. The molecule has 0 aliphatic rings. The Balaban J connectivity index is 2.11. The first kappa shape index (κ1) is 11.2. The second kappa shape index (κ2) is 4.38. The molecule has 2 aromatic heterocycles. The zero-order valence-corrected chi connectivity index (χ0v) is 10.6. The number of hydrogen-bond donors (Lipinski definition) is 0. The fourth-order valence-corrected chi connectivity index (χ4v) is 2.27. The smallest absolute Gasteiger partial charge is 0.163 e. The Labute approximate surface area is 109 Å². The summed E-state index contributed by atoms with van der Waals surface area (Å²) in [6.45, 7) is 2.59. The first-order valence-corrected chi connectivity index (χ1v) is 6.01. The molecular formula is C13H11ClN4. The van der Waals surface area contributed by atoms with Crippen molar-refractivity contribution in [3.05, 3.63) is 53.1 Å². The highest BCUT2D eigenvalue weighted by Gasteiger charge is 2.12. The van der Waals surface area contributed by atoms with E-state index in [9.17, 15) is 0 Å². The topological polar surface area (TPSA) is 43.6 Å². The van der Waals surface area contributed by atoms with Crippen molar-refractivity contribution < 1.29 is 0 Å². The number of halogens is 1. The zero-order chi connectivity index (χ0) is 12.5. The number of aromatic nitrogens is 4. The molecule has 0 radical (unpaired) electrons. The van der Waals surface area contributed by atoms with Crippen LogP contribution in [0, 0.1) is 6.92 Å². The summed E-state index contributed by atoms with van der Waals surface area (Å²) in [5.74, 6) is 0. The molecule has 1 aromatic carbocycles. The standard InChI is InChI=1S/C13H11ClN4/c1-9-11-12(14)15-8-16-13(11)18(17-9)7-10-5-3-2-4-6-10/h2-6,8H,7H2,1H3. The van der Waals surface area contributed by atoms with Crippen LogP contribution in [-0.2, 0) is 6.54 Å². The van der Waals surface area contributed by atoms with Gasteiger partial charge in [0.1, 0.15) is 11.5 Å². The lowest BCUT2D eigenvalue weighted by Crippen LogP contribution is -2.02. The lowest BCUT2D eigenvalue weighted by atomic mass is 10.2. The molecule has 0 saturated carbocycles. The Kier molecular flexibility index (Phi) is 2.72. The van der Waals surface area contributed by atoms with Crippen LogP contribution in [0.1, 0.15) is 11.3 Å². The maximum Gasteiger partial charge on any atom is 0.163 e. The summed E-state index contributed by atoms with van der Waals surface area (Å²) in [6, 6.07) is 10.1. The van der Waals surface area contributed by atoms with Gasteiger partial charge in [0.15, 0.2) is 5.65 Å². The first-order chi connectivity index (χ1) is 8.75. The summed E-state index contributed by atoms with van der Waals surface area (Å²) in [5, 5.41) is 5.76. The van der Waals surface area contributed by atoms with E-state index in [4.69, 9.17) is 11.6 Å². The van der Waals surface area contributed by atoms with Crippen molar-refractivity contribution in [2.75, 3.05) is 0 Å². The molecule has 0 saturated heterocycles. The monoisotopic (exact) mass is 258 g/mol. The van der Waals surface area contributed by atoms with Gasteiger partial charge >= 0.3 is 0 Å². The van der Waals surface area contributed by atoms with Crippen molar-refractivity contribution in [1.29, 1.82) is 0 Å². The van der Waals surface area contributed by atoms with E-state index in [1.165, 1.54) is 11.9 Å². The van der Waals surface area contributed by atoms with Crippen LogP contribution >= 0.6 is 11.6 Å². The zero-order valence-electron chi connectivity index (χ0n) is 9.84. The van der Waals surface area contributed by atoms with E-state index in [-0.39, 0.29) is 0 Å². The fraction of sp³-hybridized carbons (Fsp3) is 0.154. The number of aryl methyl sites for hydroxylation is 1. The highest BCUT2D eigenvalue weighted by atomic mass is 35.5. The van der Waals surface area contributed by atoms with Crippen LogP contribution in [0.3, 0.4) is 0 Å². The predicted octanol–water partition coefficient (Wildman–Crippen LogP) is 2.84. The van der Waals surface area contributed by atoms with Crippen LogP contribution in [0.15, 0.2) is 36.7 Å². The molecule has 0 aliphatic carbocycles. The molecule has 0 N–H and O–H groups in total. The van der Waals surface area contributed by atoms with Gasteiger partial charge in [0, 0.05) is 0 Å². The molecule has 5 heteroatoms. The Hall–Kier alpha value is -1.94. The minimum Gasteiger partial charge on any atom is -0.242 e. The van der Waals surface area contributed by atoms with Gasteiger partial charge in [-0.15, -0.1) is 0 Å². The van der Waals surface area contributed by atoms with Crippen molar-refractivity contribution in [3.8, 4) is 0 Å². The van der Waals surface area contributed by atoms with Gasteiger partial charge in [-0.2, -0.15) is 5.10 Å². The number of benzene rings is 1. The normalized spacial score (nSPS) is 11.0. The largest absolute Gasteiger partial charge is 0.242 e. The van der Waals surface area contributed by atoms with Crippen LogP contribution in [0.5, 0.6) is 0 Å². The maximum absolute atomic E-state index is 6.07. The molecule has 90 valence electrons. The number of nitrogens with zero attached hydrogens (tertiary/aromatic N) is 4. The molecule has 0 atom stereocenters. The average molecular weight is 259 g/mol. The predicted molar refractivity (Wildman–Crippen MR) is 70.6 cm³/mol. The highest BCUT2D eigenvalue weighted by Crippen LogP contribution is 2.22. The van der Waals surface area contributed by atoms with E-state index >= 15 is 0 Å². The Morgan fingerprint density at radius 3 is 2.72 bits per heavy atom. The summed E-state index contributed by atoms with van der Waals surface area (Å²) in [6.07, 6.45) is 1.47. The molecule has 3 rings (SSSR count). The first-order valence-electron chi connectivity index (χ1n) is 5.63. The number of rotatable bonds is 2. The molecule has 4 nitrogen and oxygen atoms in total. The van der Waals surface area contributed by atoms with E-state index in [0.717, 1.165) is 16.7 Å². The Morgan fingerprint density at radius 1 is 1.17 bits per heavy atom. The third-order valence-electron chi connectivity index (χ3n) is 2.83. The second-order valence-corrected chi connectivity index (χ2v) is 4.45. The lowest BCUT2D eigenvalue weighted by Gasteiger charge is -2.02. The van der Waals surface area contributed by atoms with Gasteiger partial charge in [0.05, 0.1) is 17.6 Å². The average Bonchev–Trinajstić information content (AvgIpc) is 2.69. The van der Waals surface area contributed by atoms with E-state index in [0.29, 0.717) is 11.7 Å². The highest BCUT2D eigenvalue weighted by molar-refractivity contribution is 6.34. The minimum absolute atomic E-state index is 0.455. The Morgan fingerprint density at radius 2 is 1.94 bits per heavy atom. The van der Waals surface area contributed by atoms with E-state index in [2.05, 4.69) is 27.2 Å². The third kappa shape index (κ3) is 1.84. The van der Waals surface area contributed by atoms with Crippen molar-refractivity contribution in [3.63, 3.8) is 0 Å². The number of fused-ring (bicyclic) bond motifs is 1. The summed E-state index contributed by atoms with van der Waals surface area (Å²) >= 11 is 6.07.